The number of hydrogen-bond acceptors (Lipinski definition) is 2. The summed E-state index contributed by atoms with van der Waals surface area (Å²) in [6.45, 7) is 6.54. The minimum Gasteiger partial charge on any atom is -0.357 e. The lowest BCUT2D eigenvalue weighted by Gasteiger charge is -2.12. The normalized spacial score (nSPS) is 11.4. The zero-order valence-corrected chi connectivity index (χ0v) is 18.1. The number of guanidine groups is 1. The highest BCUT2D eigenvalue weighted by Gasteiger charge is 2.03. The number of aliphatic imine (C=N–C) groups is 1. The number of aromatic nitrogens is 1. The van der Waals surface area contributed by atoms with E-state index in [0.29, 0.717) is 19.6 Å². The summed E-state index contributed by atoms with van der Waals surface area (Å²) >= 11 is 0. The third kappa shape index (κ3) is 6.81. The number of nitrogens with one attached hydrogen (secondary N) is 2. The first-order valence-electron chi connectivity index (χ1n) is 10.6. The first kappa shape index (κ1) is 22.3. The van der Waals surface area contributed by atoms with Crippen LogP contribution >= 0.6 is 0 Å². The molecule has 0 aliphatic rings. The monoisotopic (exact) mass is 420 g/mol. The maximum absolute atomic E-state index is 13.3. The minimum absolute atomic E-state index is 0.00614. The number of rotatable bonds is 8. The Bertz CT molecular complexity index is 1070. The number of benzene rings is 2. The van der Waals surface area contributed by atoms with Crippen LogP contribution in [0.3, 0.4) is 0 Å². The first-order chi connectivity index (χ1) is 15.0. The fourth-order valence-electron chi connectivity index (χ4n) is 3.31. The molecule has 0 spiro atoms. The molecule has 3 rings (SSSR count). The molecule has 2 aromatic carbocycles. The van der Waals surface area contributed by atoms with E-state index < -0.39 is 0 Å². The lowest BCUT2D eigenvalue weighted by molar-refractivity contribution is 0.625. The molecular formula is C25H29FN4O. The molecule has 0 bridgehead atoms. The number of nitrogens with zero attached hydrogens (tertiary/aromatic N) is 2. The third-order valence-electron chi connectivity index (χ3n) is 5.03. The van der Waals surface area contributed by atoms with Crippen LogP contribution in [-0.2, 0) is 19.5 Å². The van der Waals surface area contributed by atoms with E-state index in [4.69, 9.17) is 0 Å². The minimum atomic E-state index is -0.203. The van der Waals surface area contributed by atoms with Crippen LogP contribution in [0.5, 0.6) is 0 Å². The van der Waals surface area contributed by atoms with Crippen molar-refractivity contribution in [3.63, 3.8) is 0 Å². The van der Waals surface area contributed by atoms with Gasteiger partial charge in [-0.25, -0.2) is 9.38 Å². The van der Waals surface area contributed by atoms with Gasteiger partial charge in [-0.2, -0.15) is 0 Å². The van der Waals surface area contributed by atoms with Crippen molar-refractivity contribution >= 4 is 5.96 Å². The van der Waals surface area contributed by atoms with Crippen LogP contribution in [0, 0.1) is 12.7 Å². The molecule has 0 radical (unpaired) electrons. The van der Waals surface area contributed by atoms with Gasteiger partial charge in [0.05, 0.1) is 13.1 Å². The molecule has 31 heavy (non-hydrogen) atoms. The summed E-state index contributed by atoms with van der Waals surface area (Å²) in [5, 5.41) is 6.59. The molecule has 1 heterocycles. The van der Waals surface area contributed by atoms with E-state index in [0.717, 1.165) is 41.2 Å². The molecule has 162 valence electrons. The molecule has 0 amide bonds. The van der Waals surface area contributed by atoms with Crippen LogP contribution in [0.4, 0.5) is 4.39 Å². The molecule has 3 aromatic rings. The zero-order chi connectivity index (χ0) is 22.1. The highest BCUT2D eigenvalue weighted by atomic mass is 19.1. The van der Waals surface area contributed by atoms with Crippen LogP contribution in [0.2, 0.25) is 0 Å². The predicted octanol–water partition coefficient (Wildman–Crippen LogP) is 3.64. The van der Waals surface area contributed by atoms with E-state index >= 15 is 0 Å². The quantitative estimate of drug-likeness (QED) is 0.432. The molecule has 2 N–H and O–H groups in total. The molecule has 6 heteroatoms. The van der Waals surface area contributed by atoms with Crippen LogP contribution in [-0.4, -0.2) is 23.6 Å². The lowest BCUT2D eigenvalue weighted by atomic mass is 10.1. The van der Waals surface area contributed by atoms with Gasteiger partial charge in [-0.3, -0.25) is 4.79 Å². The largest absolute Gasteiger partial charge is 0.357 e. The van der Waals surface area contributed by atoms with Gasteiger partial charge in [0.2, 0.25) is 0 Å². The smallest absolute Gasteiger partial charge is 0.250 e. The van der Waals surface area contributed by atoms with Crippen LogP contribution in [0.1, 0.15) is 29.2 Å². The molecule has 0 aliphatic carbocycles. The van der Waals surface area contributed by atoms with Gasteiger partial charge < -0.3 is 15.2 Å². The van der Waals surface area contributed by atoms with Crippen molar-refractivity contribution in [2.45, 2.75) is 33.4 Å². The Balaban J connectivity index is 1.55. The Kier molecular flexibility index (Phi) is 7.98. The highest BCUT2D eigenvalue weighted by molar-refractivity contribution is 5.79. The van der Waals surface area contributed by atoms with E-state index in [1.807, 2.05) is 50.2 Å². The average Bonchev–Trinajstić information content (AvgIpc) is 2.76. The topological polar surface area (TPSA) is 58.4 Å². The van der Waals surface area contributed by atoms with Crippen molar-refractivity contribution in [1.29, 1.82) is 0 Å². The van der Waals surface area contributed by atoms with Crippen molar-refractivity contribution in [3.05, 3.63) is 105 Å². The summed E-state index contributed by atoms with van der Waals surface area (Å²) in [5.41, 5.74) is 4.24. The predicted molar refractivity (Wildman–Crippen MR) is 124 cm³/mol. The van der Waals surface area contributed by atoms with E-state index in [1.165, 1.54) is 6.07 Å². The number of aryl methyl sites for hydroxylation is 1. The fraction of sp³-hybridized carbons (Fsp3) is 0.280. The van der Waals surface area contributed by atoms with Gasteiger partial charge in [-0.15, -0.1) is 0 Å². The second-order valence-corrected chi connectivity index (χ2v) is 7.43. The van der Waals surface area contributed by atoms with Crippen LogP contribution in [0.15, 0.2) is 76.6 Å². The van der Waals surface area contributed by atoms with Crippen LogP contribution < -0.4 is 16.2 Å². The van der Waals surface area contributed by atoms with Gasteiger partial charge in [0.25, 0.3) is 5.56 Å². The summed E-state index contributed by atoms with van der Waals surface area (Å²) in [7, 11) is 0. The molecular weight excluding hydrogens is 391 g/mol. The maximum Gasteiger partial charge on any atom is 0.250 e. The summed E-state index contributed by atoms with van der Waals surface area (Å²) in [4.78, 5) is 16.5. The molecule has 0 fully saturated rings. The molecule has 0 saturated heterocycles. The molecule has 0 unspecified atom stereocenters. The second-order valence-electron chi connectivity index (χ2n) is 7.43. The van der Waals surface area contributed by atoms with E-state index in [2.05, 4.69) is 15.6 Å². The van der Waals surface area contributed by atoms with Crippen molar-refractivity contribution in [3.8, 4) is 0 Å². The van der Waals surface area contributed by atoms with Crippen molar-refractivity contribution in [2.75, 3.05) is 13.1 Å². The summed E-state index contributed by atoms with van der Waals surface area (Å²) in [6.07, 6.45) is 2.59. The van der Waals surface area contributed by atoms with E-state index in [1.54, 1.807) is 29.0 Å². The SMILES string of the molecule is CCNC(=NCc1ccc(Cn2ccccc2=O)cc1)NCCc1ccc(F)cc1C. The highest BCUT2D eigenvalue weighted by Crippen LogP contribution is 2.10. The van der Waals surface area contributed by atoms with Crippen LogP contribution in [0.25, 0.3) is 0 Å². The Morgan fingerprint density at radius 2 is 1.81 bits per heavy atom. The number of hydrogen-bond donors (Lipinski definition) is 2. The van der Waals surface area contributed by atoms with E-state index in [9.17, 15) is 9.18 Å². The van der Waals surface area contributed by atoms with E-state index in [-0.39, 0.29) is 11.4 Å². The van der Waals surface area contributed by atoms with Crippen molar-refractivity contribution in [2.24, 2.45) is 4.99 Å². The average molecular weight is 421 g/mol. The Morgan fingerprint density at radius 1 is 1.03 bits per heavy atom. The molecule has 0 saturated carbocycles. The summed E-state index contributed by atoms with van der Waals surface area (Å²) < 4.78 is 14.9. The Labute approximate surface area is 182 Å². The van der Waals surface area contributed by atoms with Crippen molar-refractivity contribution in [1.82, 2.24) is 15.2 Å². The fourth-order valence-corrected chi connectivity index (χ4v) is 3.31. The van der Waals surface area contributed by atoms with Gasteiger partial charge in [-0.05, 0) is 60.7 Å². The second kappa shape index (κ2) is 11.1. The summed E-state index contributed by atoms with van der Waals surface area (Å²) in [6, 6.07) is 18.2. The number of pyridine rings is 1. The molecule has 5 nitrogen and oxygen atoms in total. The van der Waals surface area contributed by atoms with Gasteiger partial charge >= 0.3 is 0 Å². The molecule has 0 atom stereocenters. The third-order valence-corrected chi connectivity index (χ3v) is 5.03. The van der Waals surface area contributed by atoms with Gasteiger partial charge in [0.1, 0.15) is 5.82 Å². The molecule has 0 aliphatic heterocycles. The maximum atomic E-state index is 13.3. The zero-order valence-electron chi connectivity index (χ0n) is 18.1. The van der Waals surface area contributed by atoms with Gasteiger partial charge in [0.15, 0.2) is 5.96 Å². The Morgan fingerprint density at radius 3 is 2.52 bits per heavy atom. The molecule has 1 aromatic heterocycles. The summed E-state index contributed by atoms with van der Waals surface area (Å²) in [5.74, 6) is 0.549. The first-order valence-corrected chi connectivity index (χ1v) is 10.6. The van der Waals surface area contributed by atoms with Crippen molar-refractivity contribution < 1.29 is 4.39 Å². The van der Waals surface area contributed by atoms with Gasteiger partial charge in [-0.1, -0.05) is 36.4 Å². The number of halogens is 1. The van der Waals surface area contributed by atoms with Gasteiger partial charge in [0, 0.05) is 25.4 Å². The Hall–Kier alpha value is -3.41. The standard InChI is InChI=1S/C25H29FN4O/c1-3-27-25(28-14-13-22-11-12-23(26)16-19(22)2)29-17-20-7-9-21(10-8-20)18-30-15-5-4-6-24(30)31/h4-12,15-16H,3,13-14,17-18H2,1-2H3,(H2,27,28,29). The lowest BCUT2D eigenvalue weighted by Crippen LogP contribution is -2.38.